The van der Waals surface area contributed by atoms with Crippen LogP contribution in [0.15, 0.2) is 24.3 Å². The first-order valence-electron chi connectivity index (χ1n) is 4.94. The minimum atomic E-state index is -1.59. The van der Waals surface area contributed by atoms with Crippen LogP contribution in [0.25, 0.3) is 0 Å². The molecule has 1 aromatic carbocycles. The Morgan fingerprint density at radius 2 is 1.93 bits per heavy atom. The van der Waals surface area contributed by atoms with Crippen LogP contribution in [0, 0.1) is 0 Å². The summed E-state index contributed by atoms with van der Waals surface area (Å²) in [6, 6.07) is 6.58. The predicted octanol–water partition coefficient (Wildman–Crippen LogP) is -0.788. The highest BCUT2D eigenvalue weighted by Crippen LogP contribution is 2.11. The summed E-state index contributed by atoms with van der Waals surface area (Å²) < 4.78 is 0. The Labute approximate surface area is 88.3 Å². The third-order valence-corrected chi connectivity index (χ3v) is 2.61. The molecule has 1 amide bonds. The first-order chi connectivity index (χ1) is 7.20. The summed E-state index contributed by atoms with van der Waals surface area (Å²) >= 11 is 0. The van der Waals surface area contributed by atoms with Gasteiger partial charge in [-0.2, -0.15) is 0 Å². The van der Waals surface area contributed by atoms with Gasteiger partial charge in [-0.1, -0.05) is 18.2 Å². The molecule has 0 spiro atoms. The normalized spacial score (nSPS) is 14.7. The van der Waals surface area contributed by atoms with Crippen molar-refractivity contribution in [3.05, 3.63) is 29.8 Å². The van der Waals surface area contributed by atoms with Crippen LogP contribution >= 0.6 is 0 Å². The lowest BCUT2D eigenvalue weighted by molar-refractivity contribution is 0.0652. The largest absolute Gasteiger partial charge is 0.489 e. The van der Waals surface area contributed by atoms with E-state index < -0.39 is 7.12 Å². The Bertz CT molecular complexity index is 377. The lowest BCUT2D eigenvalue weighted by atomic mass is 9.76. The maximum Gasteiger partial charge on any atom is 0.489 e. The highest BCUT2D eigenvalue weighted by Gasteiger charge is 2.26. The molecule has 1 aliphatic rings. The van der Waals surface area contributed by atoms with E-state index in [2.05, 4.69) is 0 Å². The molecular weight excluding hydrogens is 193 g/mol. The molecular formula is C10H12BNO3. The highest BCUT2D eigenvalue weighted by molar-refractivity contribution is 6.60. The van der Waals surface area contributed by atoms with Gasteiger partial charge < -0.3 is 14.9 Å². The maximum absolute atomic E-state index is 11.9. The van der Waals surface area contributed by atoms with Crippen molar-refractivity contribution < 1.29 is 14.8 Å². The summed E-state index contributed by atoms with van der Waals surface area (Å²) in [5, 5.41) is 18.2. The number of carbonyl (C=O) groups excluding carboxylic acids is 1. The van der Waals surface area contributed by atoms with Crippen LogP contribution in [0.1, 0.15) is 16.8 Å². The van der Waals surface area contributed by atoms with Crippen LogP contribution in [0.5, 0.6) is 0 Å². The van der Waals surface area contributed by atoms with Crippen LogP contribution in [-0.2, 0) is 0 Å². The Hall–Kier alpha value is -1.33. The molecule has 1 heterocycles. The molecule has 5 heteroatoms. The van der Waals surface area contributed by atoms with Crippen molar-refractivity contribution in [3.63, 3.8) is 0 Å². The van der Waals surface area contributed by atoms with Gasteiger partial charge in [-0.25, -0.2) is 0 Å². The van der Waals surface area contributed by atoms with Crippen molar-refractivity contribution in [2.45, 2.75) is 6.42 Å². The van der Waals surface area contributed by atoms with Crippen LogP contribution < -0.4 is 5.46 Å². The third kappa shape index (κ3) is 1.89. The molecule has 1 fully saturated rings. The summed E-state index contributed by atoms with van der Waals surface area (Å²) in [5.74, 6) is -0.120. The van der Waals surface area contributed by atoms with E-state index in [0.717, 1.165) is 19.5 Å². The van der Waals surface area contributed by atoms with E-state index in [-0.39, 0.29) is 11.4 Å². The van der Waals surface area contributed by atoms with Gasteiger partial charge in [0.05, 0.1) is 0 Å². The number of hydrogen-bond donors (Lipinski definition) is 2. The van der Waals surface area contributed by atoms with Gasteiger partial charge in [-0.15, -0.1) is 0 Å². The molecule has 0 bridgehead atoms. The minimum absolute atomic E-state index is 0.120. The summed E-state index contributed by atoms with van der Waals surface area (Å²) in [5.41, 5.74) is 0.654. The second-order valence-corrected chi connectivity index (χ2v) is 3.61. The summed E-state index contributed by atoms with van der Waals surface area (Å²) in [7, 11) is -1.59. The zero-order valence-electron chi connectivity index (χ0n) is 8.26. The van der Waals surface area contributed by atoms with Gasteiger partial charge in [0, 0.05) is 18.7 Å². The average Bonchev–Trinajstić information content (AvgIpc) is 2.15. The van der Waals surface area contributed by atoms with E-state index in [1.807, 2.05) is 0 Å². The van der Waals surface area contributed by atoms with E-state index in [4.69, 9.17) is 10.0 Å². The van der Waals surface area contributed by atoms with Crippen molar-refractivity contribution in [3.8, 4) is 0 Å². The van der Waals surface area contributed by atoms with Crippen molar-refractivity contribution in [2.75, 3.05) is 13.1 Å². The van der Waals surface area contributed by atoms with E-state index >= 15 is 0 Å². The number of likely N-dealkylation sites (tertiary alicyclic amines) is 1. The Morgan fingerprint density at radius 3 is 2.47 bits per heavy atom. The Balaban J connectivity index is 2.29. The van der Waals surface area contributed by atoms with Gasteiger partial charge >= 0.3 is 7.12 Å². The fourth-order valence-electron chi connectivity index (χ4n) is 1.61. The second kappa shape index (κ2) is 4.04. The average molecular weight is 205 g/mol. The number of nitrogens with zero attached hydrogens (tertiary/aromatic N) is 1. The summed E-state index contributed by atoms with van der Waals surface area (Å²) in [6.45, 7) is 1.52. The molecule has 1 aromatic rings. The van der Waals surface area contributed by atoms with Gasteiger partial charge in [0.15, 0.2) is 0 Å². The molecule has 2 N–H and O–H groups in total. The topological polar surface area (TPSA) is 60.8 Å². The summed E-state index contributed by atoms with van der Waals surface area (Å²) in [6.07, 6.45) is 1.02. The fraction of sp³-hybridized carbons (Fsp3) is 0.300. The van der Waals surface area contributed by atoms with Crippen molar-refractivity contribution >= 4 is 18.5 Å². The van der Waals surface area contributed by atoms with Gasteiger partial charge in [0.2, 0.25) is 0 Å². The van der Waals surface area contributed by atoms with Crippen LogP contribution in [0.4, 0.5) is 0 Å². The molecule has 4 nitrogen and oxygen atoms in total. The quantitative estimate of drug-likeness (QED) is 0.622. The molecule has 0 atom stereocenters. The highest BCUT2D eigenvalue weighted by atomic mass is 16.4. The first kappa shape index (κ1) is 10.2. The molecule has 0 aromatic heterocycles. The molecule has 15 heavy (non-hydrogen) atoms. The fourth-order valence-corrected chi connectivity index (χ4v) is 1.61. The molecule has 2 rings (SSSR count). The molecule has 0 radical (unpaired) electrons. The molecule has 1 aliphatic heterocycles. The molecule has 0 saturated carbocycles. The van der Waals surface area contributed by atoms with E-state index in [1.54, 1.807) is 29.2 Å². The van der Waals surface area contributed by atoms with Gasteiger partial charge in [-0.3, -0.25) is 4.79 Å². The zero-order valence-corrected chi connectivity index (χ0v) is 8.26. The van der Waals surface area contributed by atoms with Gasteiger partial charge in [-0.05, 0) is 17.9 Å². The Morgan fingerprint density at radius 1 is 1.27 bits per heavy atom. The van der Waals surface area contributed by atoms with Gasteiger partial charge in [0.1, 0.15) is 0 Å². The lowest BCUT2D eigenvalue weighted by Crippen LogP contribution is -2.45. The number of rotatable bonds is 2. The lowest BCUT2D eigenvalue weighted by Gasteiger charge is -2.31. The number of carbonyl (C=O) groups is 1. The zero-order chi connectivity index (χ0) is 10.8. The van der Waals surface area contributed by atoms with E-state index in [9.17, 15) is 4.79 Å². The molecule has 0 aliphatic carbocycles. The Kier molecular flexibility index (Phi) is 2.75. The van der Waals surface area contributed by atoms with E-state index in [0.29, 0.717) is 5.56 Å². The van der Waals surface area contributed by atoms with E-state index in [1.165, 1.54) is 0 Å². The smallest absolute Gasteiger partial charge is 0.423 e. The second-order valence-electron chi connectivity index (χ2n) is 3.61. The minimum Gasteiger partial charge on any atom is -0.423 e. The molecule has 1 saturated heterocycles. The van der Waals surface area contributed by atoms with Crippen molar-refractivity contribution in [1.82, 2.24) is 4.90 Å². The number of amides is 1. The first-order valence-corrected chi connectivity index (χ1v) is 4.94. The molecule has 78 valence electrons. The standard InChI is InChI=1S/C10H12BNO3/c13-10(12-6-3-7-12)8-4-1-2-5-9(8)11(14)15/h1-2,4-5,14-15H,3,6-7H2. The van der Waals surface area contributed by atoms with Gasteiger partial charge in [0.25, 0.3) is 5.91 Å². The van der Waals surface area contributed by atoms with Crippen molar-refractivity contribution in [1.29, 1.82) is 0 Å². The predicted molar refractivity (Wildman–Crippen MR) is 56.8 cm³/mol. The molecule has 0 unspecified atom stereocenters. The van der Waals surface area contributed by atoms with Crippen LogP contribution in [-0.4, -0.2) is 41.1 Å². The third-order valence-electron chi connectivity index (χ3n) is 2.61. The SMILES string of the molecule is O=C(c1ccccc1B(O)O)N1CCC1. The number of benzene rings is 1. The summed E-state index contributed by atoms with van der Waals surface area (Å²) in [4.78, 5) is 13.6. The number of hydrogen-bond acceptors (Lipinski definition) is 3. The van der Waals surface area contributed by atoms with Crippen molar-refractivity contribution in [2.24, 2.45) is 0 Å². The van der Waals surface area contributed by atoms with Crippen LogP contribution in [0.3, 0.4) is 0 Å². The maximum atomic E-state index is 11.9. The van der Waals surface area contributed by atoms with Crippen LogP contribution in [0.2, 0.25) is 0 Å². The monoisotopic (exact) mass is 205 g/mol.